The Balaban J connectivity index is 1.57. The molecule has 2 aromatic heterocycles. The molecule has 1 atom stereocenters. The summed E-state index contributed by atoms with van der Waals surface area (Å²) >= 11 is 6.80. The first-order valence-electron chi connectivity index (χ1n) is 11.9. The van der Waals surface area contributed by atoms with Crippen LogP contribution in [-0.2, 0) is 11.3 Å². The highest BCUT2D eigenvalue weighted by Gasteiger charge is 2.33. The number of hydrogen-bond donors (Lipinski definition) is 0. The second kappa shape index (κ2) is 9.59. The number of carbonyl (C=O) groups excluding carboxylic acids is 1. The number of benzene rings is 1. The number of pyridine rings is 1. The fourth-order valence-corrected chi connectivity index (χ4v) is 5.88. The fourth-order valence-electron chi connectivity index (χ4n) is 4.64. The summed E-state index contributed by atoms with van der Waals surface area (Å²) < 4.78 is 2.07. The maximum absolute atomic E-state index is 13.7. The summed E-state index contributed by atoms with van der Waals surface area (Å²) in [6.45, 7) is 8.29. The zero-order valence-electron chi connectivity index (χ0n) is 20.2. The van der Waals surface area contributed by atoms with Gasteiger partial charge in [-0.3, -0.25) is 18.9 Å². The monoisotopic (exact) mass is 504 g/mol. The van der Waals surface area contributed by atoms with Crippen molar-refractivity contribution in [3.63, 3.8) is 0 Å². The normalized spacial score (nSPS) is 19.9. The summed E-state index contributed by atoms with van der Waals surface area (Å²) in [5.74, 6) is 0.990. The minimum absolute atomic E-state index is 0.171. The van der Waals surface area contributed by atoms with Crippen LogP contribution in [0.3, 0.4) is 0 Å². The zero-order valence-corrected chi connectivity index (χ0v) is 21.8. The van der Waals surface area contributed by atoms with Gasteiger partial charge >= 0.3 is 0 Å². The molecule has 4 heterocycles. The summed E-state index contributed by atoms with van der Waals surface area (Å²) in [7, 11) is 0. The summed E-state index contributed by atoms with van der Waals surface area (Å²) in [6, 6.07) is 11.9. The van der Waals surface area contributed by atoms with Crippen molar-refractivity contribution in [1.29, 1.82) is 0 Å². The quantitative estimate of drug-likeness (QED) is 0.370. The maximum Gasteiger partial charge on any atom is 0.267 e. The third-order valence-corrected chi connectivity index (χ3v) is 7.93. The molecule has 2 aliphatic heterocycles. The van der Waals surface area contributed by atoms with Crippen LogP contribution in [0.25, 0.3) is 11.7 Å². The lowest BCUT2D eigenvalue weighted by Gasteiger charge is -2.32. The molecule has 2 saturated heterocycles. The highest BCUT2D eigenvalue weighted by atomic mass is 32.2. The average molecular weight is 505 g/mol. The summed E-state index contributed by atoms with van der Waals surface area (Å²) in [4.78, 5) is 36.2. The van der Waals surface area contributed by atoms with E-state index in [1.807, 2.05) is 50.2 Å². The molecular formula is C27H28N4O2S2. The highest BCUT2D eigenvalue weighted by Crippen LogP contribution is 2.35. The van der Waals surface area contributed by atoms with E-state index in [0.717, 1.165) is 42.6 Å². The predicted molar refractivity (Wildman–Crippen MR) is 147 cm³/mol. The third kappa shape index (κ3) is 4.77. The number of nitrogens with zero attached hydrogens (tertiary/aromatic N) is 4. The predicted octanol–water partition coefficient (Wildman–Crippen LogP) is 4.95. The first-order valence-corrected chi connectivity index (χ1v) is 13.1. The number of thiocarbonyl (C=S) groups is 1. The molecule has 1 aromatic carbocycles. The van der Waals surface area contributed by atoms with Gasteiger partial charge in [0.1, 0.15) is 15.8 Å². The van der Waals surface area contributed by atoms with Gasteiger partial charge in [-0.1, -0.05) is 66.8 Å². The highest BCUT2D eigenvalue weighted by molar-refractivity contribution is 8.26. The zero-order chi connectivity index (χ0) is 24.7. The number of fused-ring (bicyclic) bond motifs is 1. The number of aryl methyl sites for hydroxylation is 2. The van der Waals surface area contributed by atoms with Crippen LogP contribution >= 0.6 is 24.0 Å². The molecule has 1 unspecified atom stereocenters. The lowest BCUT2D eigenvalue weighted by Crippen LogP contribution is -2.37. The Bertz CT molecular complexity index is 1410. The van der Waals surface area contributed by atoms with Gasteiger partial charge in [-0.2, -0.15) is 0 Å². The minimum atomic E-state index is -0.174. The van der Waals surface area contributed by atoms with E-state index in [2.05, 4.69) is 11.8 Å². The van der Waals surface area contributed by atoms with E-state index in [1.165, 1.54) is 11.8 Å². The maximum atomic E-state index is 13.7. The Labute approximate surface area is 214 Å². The van der Waals surface area contributed by atoms with Crippen molar-refractivity contribution >= 4 is 51.7 Å². The molecule has 2 aliphatic rings. The van der Waals surface area contributed by atoms with Gasteiger partial charge in [-0.25, -0.2) is 4.98 Å². The largest absolute Gasteiger partial charge is 0.356 e. The Morgan fingerprint density at radius 2 is 1.86 bits per heavy atom. The van der Waals surface area contributed by atoms with Gasteiger partial charge < -0.3 is 4.90 Å². The smallest absolute Gasteiger partial charge is 0.267 e. The van der Waals surface area contributed by atoms with Crippen LogP contribution in [0.5, 0.6) is 0 Å². The SMILES string of the molecule is Cc1ccc(CN2C(=O)C(=Cc3c(N4CCCC(C)C4)nc4ccc(C)cn4c3=O)SC2=S)cc1. The van der Waals surface area contributed by atoms with Crippen LogP contribution in [-0.4, -0.2) is 37.6 Å². The molecular weight excluding hydrogens is 476 g/mol. The van der Waals surface area contributed by atoms with E-state index >= 15 is 0 Å². The van der Waals surface area contributed by atoms with Gasteiger partial charge in [0.05, 0.1) is 17.0 Å². The van der Waals surface area contributed by atoms with Crippen LogP contribution in [0.1, 0.15) is 42.0 Å². The molecule has 180 valence electrons. The molecule has 3 aromatic rings. The molecule has 0 radical (unpaired) electrons. The second-order valence-electron chi connectivity index (χ2n) is 9.54. The van der Waals surface area contributed by atoms with Crippen molar-refractivity contribution in [2.24, 2.45) is 5.92 Å². The number of hydrogen-bond acceptors (Lipinski definition) is 6. The Morgan fingerprint density at radius 1 is 1.11 bits per heavy atom. The molecule has 0 saturated carbocycles. The van der Waals surface area contributed by atoms with Crippen molar-refractivity contribution in [3.05, 3.63) is 80.1 Å². The third-order valence-electron chi connectivity index (χ3n) is 6.55. The molecule has 0 spiro atoms. The van der Waals surface area contributed by atoms with Gasteiger partial charge in [-0.15, -0.1) is 0 Å². The van der Waals surface area contributed by atoms with Crippen LogP contribution in [0.4, 0.5) is 5.82 Å². The van der Waals surface area contributed by atoms with Crippen LogP contribution < -0.4 is 10.5 Å². The average Bonchev–Trinajstić information content (AvgIpc) is 3.09. The lowest BCUT2D eigenvalue weighted by atomic mass is 10.00. The van der Waals surface area contributed by atoms with Crippen LogP contribution in [0.2, 0.25) is 0 Å². The standard InChI is InChI=1S/C27H28N4O2S2/c1-17-6-9-20(10-7-17)16-31-26(33)22(35-27(31)34)13-21-24(29-12-4-5-18(2)14-29)28-23-11-8-19(3)15-30(23)25(21)32/h6-11,13,15,18H,4-5,12,14,16H2,1-3H3. The van der Waals surface area contributed by atoms with Crippen LogP contribution in [0, 0.1) is 19.8 Å². The summed E-state index contributed by atoms with van der Waals surface area (Å²) in [6.07, 6.45) is 5.71. The fraction of sp³-hybridized carbons (Fsp3) is 0.333. The molecule has 6 nitrogen and oxygen atoms in total. The van der Waals surface area contributed by atoms with Gasteiger partial charge in [0.15, 0.2) is 0 Å². The molecule has 0 bridgehead atoms. The molecule has 0 N–H and O–H groups in total. The van der Waals surface area contributed by atoms with E-state index < -0.39 is 0 Å². The number of piperidine rings is 1. The number of aromatic nitrogens is 2. The second-order valence-corrected chi connectivity index (χ2v) is 11.2. The van der Waals surface area contributed by atoms with Gasteiger partial charge in [0.2, 0.25) is 0 Å². The lowest BCUT2D eigenvalue weighted by molar-refractivity contribution is -0.122. The van der Waals surface area contributed by atoms with Crippen molar-refractivity contribution in [1.82, 2.24) is 14.3 Å². The molecule has 2 fully saturated rings. The van der Waals surface area contributed by atoms with Crippen molar-refractivity contribution in [2.75, 3.05) is 18.0 Å². The number of carbonyl (C=O) groups is 1. The van der Waals surface area contributed by atoms with Crippen molar-refractivity contribution in [3.8, 4) is 0 Å². The van der Waals surface area contributed by atoms with Gasteiger partial charge in [0, 0.05) is 19.3 Å². The Hall–Kier alpha value is -2.97. The summed E-state index contributed by atoms with van der Waals surface area (Å²) in [5, 5.41) is 0. The first-order chi connectivity index (χ1) is 16.8. The number of amides is 1. The Morgan fingerprint density at radius 3 is 2.60 bits per heavy atom. The topological polar surface area (TPSA) is 57.9 Å². The van der Waals surface area contributed by atoms with E-state index in [1.54, 1.807) is 21.6 Å². The Kier molecular flexibility index (Phi) is 6.51. The van der Waals surface area contributed by atoms with E-state index in [-0.39, 0.29) is 11.5 Å². The molecule has 0 aliphatic carbocycles. The molecule has 8 heteroatoms. The van der Waals surface area contributed by atoms with E-state index in [0.29, 0.717) is 38.7 Å². The van der Waals surface area contributed by atoms with E-state index in [4.69, 9.17) is 17.2 Å². The number of anilines is 1. The van der Waals surface area contributed by atoms with E-state index in [9.17, 15) is 9.59 Å². The summed E-state index contributed by atoms with van der Waals surface area (Å²) in [5.41, 5.74) is 4.03. The number of thioether (sulfide) groups is 1. The van der Waals surface area contributed by atoms with Crippen molar-refractivity contribution in [2.45, 2.75) is 40.2 Å². The van der Waals surface area contributed by atoms with Crippen LogP contribution in [0.15, 0.2) is 52.3 Å². The molecule has 5 rings (SSSR count). The molecule has 1 amide bonds. The molecule has 35 heavy (non-hydrogen) atoms. The first kappa shape index (κ1) is 23.8. The number of rotatable bonds is 4. The van der Waals surface area contributed by atoms with Crippen molar-refractivity contribution < 1.29 is 4.79 Å². The van der Waals surface area contributed by atoms with Gasteiger partial charge in [0.25, 0.3) is 11.5 Å². The van der Waals surface area contributed by atoms with Gasteiger partial charge in [-0.05, 0) is 55.9 Å². The minimum Gasteiger partial charge on any atom is -0.356 e.